The Bertz CT molecular complexity index is 737. The Kier molecular flexibility index (Phi) is 7.53. The van der Waals surface area contributed by atoms with Crippen LogP contribution in [0, 0.1) is 5.92 Å². The summed E-state index contributed by atoms with van der Waals surface area (Å²) in [6, 6.07) is 10.0. The number of ketones is 1. The van der Waals surface area contributed by atoms with Crippen molar-refractivity contribution in [3.05, 3.63) is 50.9 Å². The summed E-state index contributed by atoms with van der Waals surface area (Å²) in [7, 11) is 0. The average molecular weight is 438 g/mol. The van der Waals surface area contributed by atoms with Crippen molar-refractivity contribution < 1.29 is 14.3 Å². The molecule has 0 amide bonds. The van der Waals surface area contributed by atoms with Gasteiger partial charge in [-0.1, -0.05) is 30.3 Å². The first-order valence-corrected chi connectivity index (χ1v) is 10.3. The van der Waals surface area contributed by atoms with Gasteiger partial charge in [-0.3, -0.25) is 9.59 Å². The molecule has 0 saturated heterocycles. The van der Waals surface area contributed by atoms with E-state index in [1.54, 1.807) is 5.38 Å². The number of aromatic nitrogens is 1. The maximum Gasteiger partial charge on any atom is 0.306 e. The first-order chi connectivity index (χ1) is 12.2. The molecule has 0 radical (unpaired) electrons. The van der Waals surface area contributed by atoms with Gasteiger partial charge in [0.15, 0.2) is 10.8 Å². The number of Topliss-reactive ketones (excluding diaryl/α,β-unsaturated/α-hetero) is 1. The van der Waals surface area contributed by atoms with Gasteiger partial charge in [-0.15, -0.1) is 11.3 Å². The number of hydrogen-bond donors (Lipinski definition) is 0. The van der Waals surface area contributed by atoms with Crippen molar-refractivity contribution in [3.63, 3.8) is 0 Å². The molecule has 1 atom stereocenters. The second-order valence-corrected chi connectivity index (χ2v) is 8.95. The fourth-order valence-corrected chi connectivity index (χ4v) is 3.87. The van der Waals surface area contributed by atoms with Gasteiger partial charge in [0.05, 0.1) is 0 Å². The predicted molar refractivity (Wildman–Crippen MR) is 107 cm³/mol. The van der Waals surface area contributed by atoms with Crippen LogP contribution >= 0.6 is 27.3 Å². The maximum absolute atomic E-state index is 12.5. The number of ether oxygens (including phenoxy) is 1. The maximum atomic E-state index is 12.5. The highest BCUT2D eigenvalue weighted by atomic mass is 79.9. The second kappa shape index (κ2) is 9.42. The minimum absolute atomic E-state index is 0.0193. The molecule has 6 heteroatoms. The fraction of sp³-hybridized carbons (Fsp3) is 0.450. The van der Waals surface area contributed by atoms with Crippen molar-refractivity contribution in [3.8, 4) is 0 Å². The van der Waals surface area contributed by atoms with Crippen LogP contribution < -0.4 is 0 Å². The number of hydrogen-bond acceptors (Lipinski definition) is 5. The highest BCUT2D eigenvalue weighted by molar-refractivity contribution is 9.10. The molecular formula is C20H24BrNO3S. The van der Waals surface area contributed by atoms with Crippen molar-refractivity contribution in [1.29, 1.82) is 0 Å². The van der Waals surface area contributed by atoms with Crippen molar-refractivity contribution in [1.82, 2.24) is 4.98 Å². The molecule has 0 aliphatic rings. The molecule has 140 valence electrons. The van der Waals surface area contributed by atoms with Crippen molar-refractivity contribution >= 4 is 39.0 Å². The molecule has 26 heavy (non-hydrogen) atoms. The minimum atomic E-state index is -0.491. The van der Waals surface area contributed by atoms with Gasteiger partial charge in [0.25, 0.3) is 0 Å². The SMILES string of the molecule is CC(C)(C)OC(=O)CCC(CC(=O)c1nc(Br)cs1)Cc1ccccc1. The molecule has 0 spiro atoms. The molecular weight excluding hydrogens is 414 g/mol. The van der Waals surface area contributed by atoms with Gasteiger partial charge in [0.1, 0.15) is 10.2 Å². The van der Waals surface area contributed by atoms with Crippen LogP contribution in [-0.2, 0) is 16.0 Å². The topological polar surface area (TPSA) is 56.3 Å². The van der Waals surface area contributed by atoms with Crippen LogP contribution in [0.1, 0.15) is 55.4 Å². The quantitative estimate of drug-likeness (QED) is 0.406. The normalized spacial score (nSPS) is 12.6. The number of carbonyl (C=O) groups is 2. The molecule has 1 aromatic heterocycles. The number of halogens is 1. The van der Waals surface area contributed by atoms with E-state index in [1.807, 2.05) is 51.1 Å². The molecule has 1 heterocycles. The smallest absolute Gasteiger partial charge is 0.306 e. The fourth-order valence-electron chi connectivity index (χ4n) is 2.67. The number of carbonyl (C=O) groups excluding carboxylic acids is 2. The molecule has 1 aromatic carbocycles. The summed E-state index contributed by atoms with van der Waals surface area (Å²) in [4.78, 5) is 28.8. The average Bonchev–Trinajstić information content (AvgIpc) is 2.98. The lowest BCUT2D eigenvalue weighted by molar-refractivity contribution is -0.155. The van der Waals surface area contributed by atoms with Gasteiger partial charge in [0, 0.05) is 18.2 Å². The summed E-state index contributed by atoms with van der Waals surface area (Å²) in [5, 5.41) is 2.31. The van der Waals surface area contributed by atoms with Crippen LogP contribution in [0.5, 0.6) is 0 Å². The van der Waals surface area contributed by atoms with Gasteiger partial charge in [0.2, 0.25) is 0 Å². The van der Waals surface area contributed by atoms with E-state index in [2.05, 4.69) is 20.9 Å². The Morgan fingerprint density at radius 1 is 1.23 bits per heavy atom. The van der Waals surface area contributed by atoms with Crippen LogP contribution in [0.4, 0.5) is 0 Å². The molecule has 1 unspecified atom stereocenters. The van der Waals surface area contributed by atoms with E-state index in [1.165, 1.54) is 11.3 Å². The molecule has 4 nitrogen and oxygen atoms in total. The largest absolute Gasteiger partial charge is 0.460 e. The first kappa shape index (κ1) is 20.8. The van der Waals surface area contributed by atoms with E-state index in [0.717, 1.165) is 12.0 Å². The van der Waals surface area contributed by atoms with Crippen molar-refractivity contribution in [2.45, 2.75) is 52.1 Å². The summed E-state index contributed by atoms with van der Waals surface area (Å²) in [5.41, 5.74) is 0.671. The number of thiazole rings is 1. The number of nitrogens with zero attached hydrogens (tertiary/aromatic N) is 1. The lowest BCUT2D eigenvalue weighted by Crippen LogP contribution is -2.24. The highest BCUT2D eigenvalue weighted by Crippen LogP contribution is 2.24. The molecule has 2 rings (SSSR count). The highest BCUT2D eigenvalue weighted by Gasteiger charge is 2.21. The summed E-state index contributed by atoms with van der Waals surface area (Å²) >= 11 is 4.62. The van der Waals surface area contributed by atoms with Crippen LogP contribution in [0.3, 0.4) is 0 Å². The third kappa shape index (κ3) is 7.38. The van der Waals surface area contributed by atoms with Gasteiger partial charge in [-0.05, 0) is 61.0 Å². The zero-order valence-corrected chi connectivity index (χ0v) is 17.7. The van der Waals surface area contributed by atoms with E-state index < -0.39 is 5.60 Å². The van der Waals surface area contributed by atoms with E-state index in [4.69, 9.17) is 4.74 Å². The van der Waals surface area contributed by atoms with Crippen LogP contribution in [0.25, 0.3) is 0 Å². The molecule has 0 bridgehead atoms. The predicted octanol–water partition coefficient (Wildman–Crippen LogP) is 5.46. The Morgan fingerprint density at radius 2 is 1.92 bits per heavy atom. The lowest BCUT2D eigenvalue weighted by Gasteiger charge is -2.21. The Morgan fingerprint density at radius 3 is 2.50 bits per heavy atom. The zero-order valence-electron chi connectivity index (χ0n) is 15.3. The standard InChI is InChI=1S/C20H24BrNO3S/c1-20(2,3)25-18(24)10-9-15(11-14-7-5-4-6-8-14)12-16(23)19-22-17(21)13-26-19/h4-8,13,15H,9-12H2,1-3H3. The second-order valence-electron chi connectivity index (χ2n) is 7.28. The van der Waals surface area contributed by atoms with E-state index in [-0.39, 0.29) is 17.7 Å². The van der Waals surface area contributed by atoms with Crippen molar-refractivity contribution in [2.75, 3.05) is 0 Å². The molecule has 0 N–H and O–H groups in total. The molecule has 0 aliphatic heterocycles. The van der Waals surface area contributed by atoms with Gasteiger partial charge in [-0.25, -0.2) is 4.98 Å². The molecule has 0 fully saturated rings. The number of rotatable bonds is 8. The van der Waals surface area contributed by atoms with E-state index in [9.17, 15) is 9.59 Å². The van der Waals surface area contributed by atoms with E-state index in [0.29, 0.717) is 28.9 Å². The Hall–Kier alpha value is -1.53. The monoisotopic (exact) mass is 437 g/mol. The van der Waals surface area contributed by atoms with Crippen LogP contribution in [-0.4, -0.2) is 22.3 Å². The number of esters is 1. The zero-order chi connectivity index (χ0) is 19.2. The summed E-state index contributed by atoms with van der Waals surface area (Å²) in [5.74, 6) is -0.133. The molecule has 0 saturated carbocycles. The first-order valence-electron chi connectivity index (χ1n) is 8.63. The van der Waals surface area contributed by atoms with Crippen molar-refractivity contribution in [2.24, 2.45) is 5.92 Å². The van der Waals surface area contributed by atoms with Crippen LogP contribution in [0.15, 0.2) is 40.3 Å². The summed E-state index contributed by atoms with van der Waals surface area (Å²) in [6.07, 6.45) is 2.05. The summed E-state index contributed by atoms with van der Waals surface area (Å²) in [6.45, 7) is 5.57. The number of benzene rings is 1. The third-order valence-electron chi connectivity index (χ3n) is 3.73. The third-order valence-corrected chi connectivity index (χ3v) is 5.33. The Balaban J connectivity index is 2.01. The molecule has 0 aliphatic carbocycles. The van der Waals surface area contributed by atoms with Gasteiger partial charge >= 0.3 is 5.97 Å². The van der Waals surface area contributed by atoms with Gasteiger partial charge in [-0.2, -0.15) is 0 Å². The lowest BCUT2D eigenvalue weighted by atomic mass is 9.90. The van der Waals surface area contributed by atoms with E-state index >= 15 is 0 Å². The molecule has 2 aromatic rings. The van der Waals surface area contributed by atoms with Crippen LogP contribution in [0.2, 0.25) is 0 Å². The van der Waals surface area contributed by atoms with Gasteiger partial charge < -0.3 is 4.74 Å². The summed E-state index contributed by atoms with van der Waals surface area (Å²) < 4.78 is 6.07. The Labute approximate surface area is 167 Å². The minimum Gasteiger partial charge on any atom is -0.460 e.